The van der Waals surface area contributed by atoms with Crippen LogP contribution in [0.5, 0.6) is 0 Å². The highest BCUT2D eigenvalue weighted by molar-refractivity contribution is 7.75. The summed E-state index contributed by atoms with van der Waals surface area (Å²) >= 11 is 0. The molecule has 3 heteroatoms. The SMILES string of the molecule is N#CP(C#N)c1cccc2ccc3cc4ccccc4cc3c12. The molecule has 0 unspecified atom stereocenters. The lowest BCUT2D eigenvalue weighted by atomic mass is 9.98. The van der Waals surface area contributed by atoms with Crippen molar-refractivity contribution in [1.82, 2.24) is 0 Å². The van der Waals surface area contributed by atoms with Gasteiger partial charge in [0, 0.05) is 5.30 Å². The second-order valence-electron chi connectivity index (χ2n) is 5.40. The van der Waals surface area contributed by atoms with Crippen LogP contribution in [0.3, 0.4) is 0 Å². The van der Waals surface area contributed by atoms with Crippen LogP contribution in [0, 0.1) is 22.1 Å². The Hall–Kier alpha value is -2.93. The summed E-state index contributed by atoms with van der Waals surface area (Å²) in [5.74, 6) is 4.33. The fraction of sp³-hybridized carbons (Fsp3) is 0. The van der Waals surface area contributed by atoms with E-state index in [2.05, 4.69) is 48.0 Å². The number of hydrogen-bond acceptors (Lipinski definition) is 2. The fourth-order valence-corrected chi connectivity index (χ4v) is 4.07. The van der Waals surface area contributed by atoms with Gasteiger partial charge in [-0.1, -0.05) is 54.6 Å². The van der Waals surface area contributed by atoms with Crippen LogP contribution in [0.1, 0.15) is 0 Å². The molecule has 0 saturated carbocycles. The second kappa shape index (κ2) is 5.36. The Labute approximate surface area is 134 Å². The lowest BCUT2D eigenvalue weighted by Crippen LogP contribution is -2.01. The average molecular weight is 310 g/mol. The van der Waals surface area contributed by atoms with Crippen molar-refractivity contribution in [3.8, 4) is 11.6 Å². The van der Waals surface area contributed by atoms with Crippen LogP contribution < -0.4 is 5.30 Å². The first-order chi connectivity index (χ1) is 11.3. The summed E-state index contributed by atoms with van der Waals surface area (Å²) in [5, 5.41) is 26.2. The van der Waals surface area contributed by atoms with Crippen molar-refractivity contribution in [2.45, 2.75) is 0 Å². The number of benzene rings is 4. The van der Waals surface area contributed by atoms with Crippen molar-refractivity contribution in [3.05, 3.63) is 66.7 Å². The highest BCUT2D eigenvalue weighted by Crippen LogP contribution is 2.37. The minimum Gasteiger partial charge on any atom is -0.192 e. The minimum atomic E-state index is -1.46. The third-order valence-corrected chi connectivity index (χ3v) is 5.40. The molecule has 23 heavy (non-hydrogen) atoms. The van der Waals surface area contributed by atoms with E-state index in [0.29, 0.717) is 0 Å². The Morgan fingerprint density at radius 2 is 1.30 bits per heavy atom. The molecule has 4 rings (SSSR count). The van der Waals surface area contributed by atoms with Crippen molar-refractivity contribution in [2.75, 3.05) is 0 Å². The molecule has 4 aromatic carbocycles. The zero-order valence-electron chi connectivity index (χ0n) is 12.2. The van der Waals surface area contributed by atoms with Crippen LogP contribution in [-0.2, 0) is 0 Å². The van der Waals surface area contributed by atoms with Gasteiger partial charge in [-0.15, -0.1) is 0 Å². The van der Waals surface area contributed by atoms with Crippen molar-refractivity contribution >= 4 is 45.5 Å². The first-order valence-electron chi connectivity index (χ1n) is 7.25. The monoisotopic (exact) mass is 310 g/mol. The largest absolute Gasteiger partial charge is 0.192 e. The number of nitriles is 2. The maximum atomic E-state index is 9.34. The molecule has 0 aliphatic carbocycles. The molecule has 0 bridgehead atoms. The van der Waals surface area contributed by atoms with E-state index >= 15 is 0 Å². The second-order valence-corrected chi connectivity index (χ2v) is 6.95. The predicted molar refractivity (Wildman–Crippen MR) is 96.7 cm³/mol. The number of rotatable bonds is 1. The summed E-state index contributed by atoms with van der Waals surface area (Å²) in [4.78, 5) is 0. The molecule has 0 aliphatic heterocycles. The predicted octanol–water partition coefficient (Wildman–Crippen LogP) is 5.22. The molecular weight excluding hydrogens is 299 g/mol. The van der Waals surface area contributed by atoms with Crippen LogP contribution in [0.2, 0.25) is 0 Å². The molecule has 0 amide bonds. The Bertz CT molecular complexity index is 1140. The average Bonchev–Trinajstić information content (AvgIpc) is 2.61. The lowest BCUT2D eigenvalue weighted by molar-refractivity contribution is 1.55. The topological polar surface area (TPSA) is 47.6 Å². The molecule has 106 valence electrons. The van der Waals surface area contributed by atoms with Gasteiger partial charge in [-0.2, -0.15) is 10.5 Å². The van der Waals surface area contributed by atoms with Gasteiger partial charge in [-0.05, 0) is 44.5 Å². The van der Waals surface area contributed by atoms with Crippen LogP contribution in [-0.4, -0.2) is 0 Å². The van der Waals surface area contributed by atoms with Gasteiger partial charge >= 0.3 is 0 Å². The molecule has 0 radical (unpaired) electrons. The van der Waals surface area contributed by atoms with E-state index in [0.717, 1.165) is 26.8 Å². The van der Waals surface area contributed by atoms with E-state index in [-0.39, 0.29) is 0 Å². The van der Waals surface area contributed by atoms with Gasteiger partial charge in [0.15, 0.2) is 0 Å². The fourth-order valence-electron chi connectivity index (χ4n) is 3.10. The van der Waals surface area contributed by atoms with Crippen LogP contribution in [0.15, 0.2) is 66.7 Å². The summed E-state index contributed by atoms with van der Waals surface area (Å²) in [6, 6.07) is 22.6. The molecule has 0 atom stereocenters. The van der Waals surface area contributed by atoms with E-state index in [1.165, 1.54) is 10.8 Å². The molecule has 2 nitrogen and oxygen atoms in total. The van der Waals surface area contributed by atoms with Crippen molar-refractivity contribution in [3.63, 3.8) is 0 Å². The van der Waals surface area contributed by atoms with Crippen LogP contribution in [0.25, 0.3) is 32.3 Å². The van der Waals surface area contributed by atoms with E-state index in [1.54, 1.807) is 0 Å². The van der Waals surface area contributed by atoms with E-state index in [4.69, 9.17) is 0 Å². The number of nitrogens with zero attached hydrogens (tertiary/aromatic N) is 2. The molecule has 0 aliphatic rings. The third-order valence-electron chi connectivity index (χ3n) is 4.15. The minimum absolute atomic E-state index is 0.850. The Balaban J connectivity index is 2.21. The summed E-state index contributed by atoms with van der Waals surface area (Å²) < 4.78 is 0. The van der Waals surface area contributed by atoms with Gasteiger partial charge in [0.1, 0.15) is 19.5 Å². The van der Waals surface area contributed by atoms with Gasteiger partial charge in [0.2, 0.25) is 0 Å². The molecular formula is C20H11N2P. The summed E-state index contributed by atoms with van der Waals surface area (Å²) in [7, 11) is -1.46. The van der Waals surface area contributed by atoms with E-state index in [9.17, 15) is 10.5 Å². The first-order valence-corrected chi connectivity index (χ1v) is 8.60. The Morgan fingerprint density at radius 1 is 0.652 bits per heavy atom. The summed E-state index contributed by atoms with van der Waals surface area (Å²) in [5.41, 5.74) is 0. The molecule has 0 fully saturated rings. The summed E-state index contributed by atoms with van der Waals surface area (Å²) in [6.45, 7) is 0. The number of hydrogen-bond donors (Lipinski definition) is 0. The quantitative estimate of drug-likeness (QED) is 0.275. The highest BCUT2D eigenvalue weighted by Gasteiger charge is 2.15. The molecule has 0 saturated heterocycles. The van der Waals surface area contributed by atoms with Gasteiger partial charge in [0.25, 0.3) is 0 Å². The van der Waals surface area contributed by atoms with Crippen molar-refractivity contribution in [1.29, 1.82) is 10.5 Å². The number of fused-ring (bicyclic) bond motifs is 4. The summed E-state index contributed by atoms with van der Waals surface area (Å²) in [6.07, 6.45) is 0. The van der Waals surface area contributed by atoms with Crippen LogP contribution in [0.4, 0.5) is 0 Å². The van der Waals surface area contributed by atoms with Gasteiger partial charge in [0.05, 0.1) is 0 Å². The normalized spacial score (nSPS) is 10.9. The standard InChI is InChI=1S/C20H11N2P/c21-12-23(13-22)19-7-3-6-14-8-9-17-10-15-4-1-2-5-16(15)11-18(17)20(14)19/h1-11H. The Kier molecular flexibility index (Phi) is 3.20. The molecule has 0 N–H and O–H groups in total. The Morgan fingerprint density at radius 3 is 2.04 bits per heavy atom. The third kappa shape index (κ3) is 2.13. The van der Waals surface area contributed by atoms with Crippen LogP contribution >= 0.6 is 7.92 Å². The van der Waals surface area contributed by atoms with E-state index in [1.807, 2.05) is 30.3 Å². The van der Waals surface area contributed by atoms with Crippen molar-refractivity contribution in [2.24, 2.45) is 0 Å². The van der Waals surface area contributed by atoms with Crippen molar-refractivity contribution < 1.29 is 0 Å². The van der Waals surface area contributed by atoms with E-state index < -0.39 is 7.92 Å². The van der Waals surface area contributed by atoms with Gasteiger partial charge in [-0.25, -0.2) is 0 Å². The highest BCUT2D eigenvalue weighted by atomic mass is 31.1. The smallest absolute Gasteiger partial charge is 0.142 e. The van der Waals surface area contributed by atoms with Gasteiger partial charge in [-0.3, -0.25) is 0 Å². The maximum absolute atomic E-state index is 9.34. The molecule has 4 aromatic rings. The molecule has 0 heterocycles. The molecule has 0 spiro atoms. The zero-order chi connectivity index (χ0) is 15.8. The molecule has 0 aromatic heterocycles. The van der Waals surface area contributed by atoms with Gasteiger partial charge < -0.3 is 0 Å². The first kappa shape index (κ1) is 13.7. The maximum Gasteiger partial charge on any atom is 0.142 e. The lowest BCUT2D eigenvalue weighted by Gasteiger charge is -2.11. The zero-order valence-corrected chi connectivity index (χ0v) is 13.1.